The van der Waals surface area contributed by atoms with Crippen molar-refractivity contribution in [1.29, 1.82) is 0 Å². The van der Waals surface area contributed by atoms with E-state index in [0.29, 0.717) is 11.3 Å². The van der Waals surface area contributed by atoms with Gasteiger partial charge in [0.25, 0.3) is 5.91 Å². The molecule has 0 unspecified atom stereocenters. The van der Waals surface area contributed by atoms with Gasteiger partial charge in [-0.25, -0.2) is 4.68 Å². The zero-order valence-corrected chi connectivity index (χ0v) is 14.7. The minimum Gasteiger partial charge on any atom is -0.349 e. The van der Waals surface area contributed by atoms with Crippen molar-refractivity contribution in [3.63, 3.8) is 0 Å². The molecule has 1 amide bonds. The number of aromatic nitrogens is 2. The van der Waals surface area contributed by atoms with Gasteiger partial charge in [0.05, 0.1) is 17.4 Å². The maximum atomic E-state index is 13.7. The molecular formula is C18H21F3N4O. The van der Waals surface area contributed by atoms with E-state index in [0.717, 1.165) is 36.8 Å². The Labute approximate surface area is 149 Å². The highest BCUT2D eigenvalue weighted by molar-refractivity contribution is 5.95. The number of likely N-dealkylation sites (tertiary alicyclic amines) is 1. The Morgan fingerprint density at radius 3 is 2.50 bits per heavy atom. The number of nitrogens with one attached hydrogen (secondary N) is 1. The third-order valence-corrected chi connectivity index (χ3v) is 4.68. The van der Waals surface area contributed by atoms with E-state index in [1.54, 1.807) is 31.2 Å². The highest BCUT2D eigenvalue weighted by atomic mass is 19.4. The number of alkyl halides is 3. The Balaban J connectivity index is 1.93. The van der Waals surface area contributed by atoms with Gasteiger partial charge in [-0.05, 0) is 51.5 Å². The Morgan fingerprint density at radius 2 is 1.88 bits per heavy atom. The van der Waals surface area contributed by atoms with E-state index in [1.807, 2.05) is 7.05 Å². The number of amides is 1. The third-order valence-electron chi connectivity index (χ3n) is 4.68. The largest absolute Gasteiger partial charge is 0.434 e. The number of piperidine rings is 1. The summed E-state index contributed by atoms with van der Waals surface area (Å²) in [7, 11) is 1.98. The lowest BCUT2D eigenvalue weighted by atomic mass is 10.0. The molecule has 1 fully saturated rings. The molecule has 1 aliphatic heterocycles. The van der Waals surface area contributed by atoms with Crippen molar-refractivity contribution in [2.75, 3.05) is 20.1 Å². The highest BCUT2D eigenvalue weighted by Crippen LogP contribution is 2.34. The van der Waals surface area contributed by atoms with E-state index < -0.39 is 23.3 Å². The van der Waals surface area contributed by atoms with Crippen LogP contribution in [0.3, 0.4) is 0 Å². The van der Waals surface area contributed by atoms with E-state index in [9.17, 15) is 18.0 Å². The summed E-state index contributed by atoms with van der Waals surface area (Å²) in [5.41, 5.74) is -0.543. The zero-order chi connectivity index (χ0) is 18.9. The lowest BCUT2D eigenvalue weighted by Gasteiger charge is -2.29. The molecule has 1 aromatic carbocycles. The maximum absolute atomic E-state index is 13.7. The minimum absolute atomic E-state index is 0.124. The molecule has 0 atom stereocenters. The van der Waals surface area contributed by atoms with Gasteiger partial charge in [-0.2, -0.15) is 18.3 Å². The van der Waals surface area contributed by atoms with Gasteiger partial charge in [-0.1, -0.05) is 18.2 Å². The average molecular weight is 366 g/mol. The normalized spacial score (nSPS) is 16.7. The number of nitrogens with zero attached hydrogens (tertiary/aromatic N) is 3. The van der Waals surface area contributed by atoms with Gasteiger partial charge >= 0.3 is 6.18 Å². The van der Waals surface area contributed by atoms with Gasteiger partial charge in [0, 0.05) is 6.04 Å². The number of aryl methyl sites for hydroxylation is 1. The summed E-state index contributed by atoms with van der Waals surface area (Å²) in [6, 6.07) is 6.51. The standard InChI is InChI=1S/C18H21F3N4O/c1-12-5-3-4-6-15(12)25-16(18(19,20)21)14(11-22-25)17(26)23-13-7-9-24(2)10-8-13/h3-6,11,13H,7-10H2,1-2H3,(H,23,26). The molecule has 0 radical (unpaired) electrons. The molecule has 26 heavy (non-hydrogen) atoms. The molecule has 0 spiro atoms. The summed E-state index contributed by atoms with van der Waals surface area (Å²) >= 11 is 0. The van der Waals surface area contributed by atoms with Crippen molar-refractivity contribution in [1.82, 2.24) is 20.0 Å². The molecule has 1 N–H and O–H groups in total. The number of halogens is 3. The number of para-hydroxylation sites is 1. The van der Waals surface area contributed by atoms with Gasteiger partial charge in [-0.15, -0.1) is 0 Å². The summed E-state index contributed by atoms with van der Waals surface area (Å²) in [6.45, 7) is 3.31. The quantitative estimate of drug-likeness (QED) is 0.909. The van der Waals surface area contributed by atoms with Crippen molar-refractivity contribution < 1.29 is 18.0 Å². The molecule has 3 rings (SSSR count). The lowest BCUT2D eigenvalue weighted by molar-refractivity contribution is -0.143. The summed E-state index contributed by atoms with van der Waals surface area (Å²) in [4.78, 5) is 14.6. The first-order chi connectivity index (χ1) is 12.3. The van der Waals surface area contributed by atoms with Crippen LogP contribution in [0.1, 0.15) is 34.5 Å². The van der Waals surface area contributed by atoms with Crippen LogP contribution in [-0.2, 0) is 6.18 Å². The molecule has 140 valence electrons. The van der Waals surface area contributed by atoms with Crippen LogP contribution in [0, 0.1) is 6.92 Å². The number of hydrogen-bond acceptors (Lipinski definition) is 3. The second-order valence-corrected chi connectivity index (χ2v) is 6.65. The van der Waals surface area contributed by atoms with Gasteiger partial charge in [-0.3, -0.25) is 4.79 Å². The number of carbonyl (C=O) groups excluding carboxylic acids is 1. The highest BCUT2D eigenvalue weighted by Gasteiger charge is 2.41. The van der Waals surface area contributed by atoms with Gasteiger partial charge < -0.3 is 10.2 Å². The molecule has 1 aliphatic rings. The van der Waals surface area contributed by atoms with Crippen LogP contribution in [0.4, 0.5) is 13.2 Å². The van der Waals surface area contributed by atoms with Crippen LogP contribution in [-0.4, -0.2) is 46.8 Å². The van der Waals surface area contributed by atoms with Crippen molar-refractivity contribution in [2.24, 2.45) is 0 Å². The number of hydrogen-bond donors (Lipinski definition) is 1. The predicted molar refractivity (Wildman–Crippen MR) is 91.3 cm³/mol. The molecule has 2 heterocycles. The predicted octanol–water partition coefficient (Wildman–Crippen LogP) is 3.02. The van der Waals surface area contributed by atoms with Crippen molar-refractivity contribution >= 4 is 5.91 Å². The SMILES string of the molecule is Cc1ccccc1-n1ncc(C(=O)NC2CCN(C)CC2)c1C(F)(F)F. The van der Waals surface area contributed by atoms with E-state index in [1.165, 1.54) is 0 Å². The first-order valence-corrected chi connectivity index (χ1v) is 8.48. The van der Waals surface area contributed by atoms with Crippen molar-refractivity contribution in [2.45, 2.75) is 32.0 Å². The maximum Gasteiger partial charge on any atom is 0.434 e. The van der Waals surface area contributed by atoms with Crippen LogP contribution in [0.2, 0.25) is 0 Å². The first kappa shape index (κ1) is 18.4. The van der Waals surface area contributed by atoms with Crippen LogP contribution < -0.4 is 5.32 Å². The van der Waals surface area contributed by atoms with E-state index in [2.05, 4.69) is 15.3 Å². The molecule has 2 aromatic rings. The average Bonchev–Trinajstić information content (AvgIpc) is 3.02. The lowest BCUT2D eigenvalue weighted by Crippen LogP contribution is -2.43. The fraction of sp³-hybridized carbons (Fsp3) is 0.444. The smallest absolute Gasteiger partial charge is 0.349 e. The number of rotatable bonds is 3. The van der Waals surface area contributed by atoms with Gasteiger partial charge in [0.15, 0.2) is 5.69 Å². The summed E-state index contributed by atoms with van der Waals surface area (Å²) in [5, 5.41) is 6.60. The number of carbonyl (C=O) groups is 1. The zero-order valence-electron chi connectivity index (χ0n) is 14.7. The topological polar surface area (TPSA) is 50.2 Å². The fourth-order valence-electron chi connectivity index (χ4n) is 3.19. The van der Waals surface area contributed by atoms with Crippen LogP contribution in [0.5, 0.6) is 0 Å². The molecule has 1 aromatic heterocycles. The summed E-state index contributed by atoms with van der Waals surface area (Å²) in [6.07, 6.45) is -2.26. The molecule has 0 aliphatic carbocycles. The van der Waals surface area contributed by atoms with E-state index in [-0.39, 0.29) is 6.04 Å². The van der Waals surface area contributed by atoms with Crippen LogP contribution in [0.25, 0.3) is 5.69 Å². The first-order valence-electron chi connectivity index (χ1n) is 8.48. The van der Waals surface area contributed by atoms with Crippen LogP contribution >= 0.6 is 0 Å². The number of benzene rings is 1. The fourth-order valence-corrected chi connectivity index (χ4v) is 3.19. The Morgan fingerprint density at radius 1 is 1.23 bits per heavy atom. The van der Waals surface area contributed by atoms with Crippen molar-refractivity contribution in [3.05, 3.63) is 47.3 Å². The van der Waals surface area contributed by atoms with Crippen molar-refractivity contribution in [3.8, 4) is 5.69 Å². The second kappa shape index (κ2) is 7.11. The Bertz CT molecular complexity index is 792. The Kier molecular flexibility index (Phi) is 5.04. The molecule has 0 saturated carbocycles. The Hall–Kier alpha value is -2.35. The summed E-state index contributed by atoms with van der Waals surface area (Å²) in [5.74, 6) is -0.730. The van der Waals surface area contributed by atoms with Gasteiger partial charge in [0.2, 0.25) is 0 Å². The molecule has 8 heteroatoms. The van der Waals surface area contributed by atoms with Gasteiger partial charge in [0.1, 0.15) is 0 Å². The summed E-state index contributed by atoms with van der Waals surface area (Å²) < 4.78 is 41.9. The third kappa shape index (κ3) is 3.75. The van der Waals surface area contributed by atoms with Crippen LogP contribution in [0.15, 0.2) is 30.5 Å². The molecular weight excluding hydrogens is 345 g/mol. The molecule has 1 saturated heterocycles. The second-order valence-electron chi connectivity index (χ2n) is 6.65. The van der Waals surface area contributed by atoms with E-state index >= 15 is 0 Å². The molecule has 5 nitrogen and oxygen atoms in total. The van der Waals surface area contributed by atoms with E-state index in [4.69, 9.17) is 0 Å². The molecule has 0 bridgehead atoms. The monoisotopic (exact) mass is 366 g/mol. The minimum atomic E-state index is -4.70.